The zero-order valence-corrected chi connectivity index (χ0v) is 15.9. The molecule has 150 valence electrons. The van der Waals surface area contributed by atoms with E-state index in [1.165, 1.54) is 0 Å². The minimum Gasteiger partial charge on any atom is -0.394 e. The van der Waals surface area contributed by atoms with Gasteiger partial charge in [-0.2, -0.15) is 0 Å². The van der Waals surface area contributed by atoms with Crippen LogP contribution >= 0.6 is 0 Å². The number of benzene rings is 1. The lowest BCUT2D eigenvalue weighted by Gasteiger charge is -2.49. The van der Waals surface area contributed by atoms with Crippen LogP contribution in [0.5, 0.6) is 0 Å². The Morgan fingerprint density at radius 2 is 2.11 bits per heavy atom. The highest BCUT2D eigenvalue weighted by Crippen LogP contribution is 2.40. The van der Waals surface area contributed by atoms with Gasteiger partial charge in [0.2, 0.25) is 5.91 Å². The molecular weight excluding hydrogens is 349 g/mol. The van der Waals surface area contributed by atoms with Crippen LogP contribution in [0.15, 0.2) is 30.3 Å². The highest BCUT2D eigenvalue weighted by Gasteiger charge is 2.48. The number of morpholine rings is 1. The second kappa shape index (κ2) is 8.22. The molecule has 1 aromatic carbocycles. The summed E-state index contributed by atoms with van der Waals surface area (Å²) in [5.41, 5.74) is 4.44. The average Bonchev–Trinajstić information content (AvgIpc) is 2.66. The van der Waals surface area contributed by atoms with Gasteiger partial charge in [-0.1, -0.05) is 30.3 Å². The molecule has 4 N–H and O–H groups in total. The molecular formula is C20H30FN3O3. The van der Waals surface area contributed by atoms with E-state index in [9.17, 15) is 14.3 Å². The number of alkyl halides is 1. The van der Waals surface area contributed by atoms with E-state index in [1.807, 2.05) is 30.3 Å². The van der Waals surface area contributed by atoms with Crippen LogP contribution in [-0.4, -0.2) is 66.1 Å². The molecule has 1 aliphatic carbocycles. The summed E-state index contributed by atoms with van der Waals surface area (Å²) in [7, 11) is 0. The minimum absolute atomic E-state index is 0.0480. The molecule has 1 aromatic rings. The van der Waals surface area contributed by atoms with Crippen molar-refractivity contribution in [2.45, 2.75) is 43.6 Å². The van der Waals surface area contributed by atoms with E-state index in [2.05, 4.69) is 17.1 Å². The molecule has 0 unspecified atom stereocenters. The molecule has 2 aliphatic rings. The first-order valence-electron chi connectivity index (χ1n) is 9.57. The van der Waals surface area contributed by atoms with Crippen molar-refractivity contribution in [3.8, 4) is 0 Å². The van der Waals surface area contributed by atoms with E-state index in [1.54, 1.807) is 0 Å². The van der Waals surface area contributed by atoms with Crippen molar-refractivity contribution >= 4 is 5.91 Å². The van der Waals surface area contributed by atoms with Gasteiger partial charge in [0.05, 0.1) is 25.4 Å². The fraction of sp³-hybridized carbons (Fsp3) is 0.650. The van der Waals surface area contributed by atoms with Crippen LogP contribution in [-0.2, 0) is 16.1 Å². The number of nitrogens with one attached hydrogen (secondary N) is 1. The number of carbonyl (C=O) groups is 1. The molecule has 27 heavy (non-hydrogen) atoms. The summed E-state index contributed by atoms with van der Waals surface area (Å²) in [5, 5.41) is 13.1. The summed E-state index contributed by atoms with van der Waals surface area (Å²) in [4.78, 5) is 14.6. The number of hydrogen-bond acceptors (Lipinski definition) is 5. The summed E-state index contributed by atoms with van der Waals surface area (Å²) < 4.78 is 19.7. The molecule has 1 aliphatic heterocycles. The topological polar surface area (TPSA) is 87.8 Å². The highest BCUT2D eigenvalue weighted by atomic mass is 19.1. The van der Waals surface area contributed by atoms with Gasteiger partial charge in [0.25, 0.3) is 0 Å². The van der Waals surface area contributed by atoms with Gasteiger partial charge in [-0.15, -0.1) is 0 Å². The quantitative estimate of drug-likeness (QED) is 0.653. The SMILES string of the molecule is C[C@@H]1COC[C@@](CO)(CNC(=O)C2CC(F)(CN)C2)N1Cc1ccccc1. The minimum atomic E-state index is -1.40. The van der Waals surface area contributed by atoms with E-state index in [0.717, 1.165) is 5.56 Å². The molecule has 1 heterocycles. The monoisotopic (exact) mass is 379 g/mol. The number of nitrogens with zero attached hydrogens (tertiary/aromatic N) is 1. The summed E-state index contributed by atoms with van der Waals surface area (Å²) in [6.07, 6.45) is 0.337. The van der Waals surface area contributed by atoms with Gasteiger partial charge in [-0.05, 0) is 25.3 Å². The van der Waals surface area contributed by atoms with Crippen molar-refractivity contribution in [1.29, 1.82) is 0 Å². The van der Waals surface area contributed by atoms with E-state index in [-0.39, 0.29) is 50.4 Å². The molecule has 0 radical (unpaired) electrons. The molecule has 0 aromatic heterocycles. The number of carbonyl (C=O) groups excluding carboxylic acids is 1. The number of nitrogens with two attached hydrogens (primary N) is 1. The molecule has 3 rings (SSSR count). The Balaban J connectivity index is 1.66. The Morgan fingerprint density at radius 3 is 2.74 bits per heavy atom. The summed E-state index contributed by atoms with van der Waals surface area (Å²) in [5.74, 6) is -0.527. The number of halogens is 1. The number of amides is 1. The van der Waals surface area contributed by atoms with Crippen molar-refractivity contribution in [2.24, 2.45) is 11.7 Å². The Kier molecular flexibility index (Phi) is 6.15. The predicted molar refractivity (Wildman–Crippen MR) is 101 cm³/mol. The second-order valence-corrected chi connectivity index (χ2v) is 8.04. The normalized spacial score (nSPS) is 34.1. The molecule has 1 amide bonds. The first-order valence-corrected chi connectivity index (χ1v) is 9.57. The number of hydrogen-bond donors (Lipinski definition) is 3. The van der Waals surface area contributed by atoms with Gasteiger partial charge in [0.1, 0.15) is 5.67 Å². The molecule has 1 saturated carbocycles. The Bertz CT molecular complexity index is 639. The van der Waals surface area contributed by atoms with E-state index < -0.39 is 11.2 Å². The van der Waals surface area contributed by atoms with E-state index in [4.69, 9.17) is 10.5 Å². The molecule has 1 saturated heterocycles. The first kappa shape index (κ1) is 20.2. The summed E-state index contributed by atoms with van der Waals surface area (Å²) in [6.45, 7) is 3.70. The molecule has 2 fully saturated rings. The first-order chi connectivity index (χ1) is 12.9. The van der Waals surface area contributed by atoms with Gasteiger partial charge < -0.3 is 20.9 Å². The Morgan fingerprint density at radius 1 is 1.41 bits per heavy atom. The van der Waals surface area contributed by atoms with Crippen molar-refractivity contribution < 1.29 is 19.0 Å². The number of ether oxygens (including phenoxy) is 1. The van der Waals surface area contributed by atoms with Crippen LogP contribution in [0.4, 0.5) is 4.39 Å². The lowest BCUT2D eigenvalue weighted by Crippen LogP contribution is -2.67. The Labute approximate surface area is 159 Å². The van der Waals surface area contributed by atoms with Crippen molar-refractivity contribution in [3.05, 3.63) is 35.9 Å². The molecule has 2 atom stereocenters. The third-order valence-corrected chi connectivity index (χ3v) is 5.91. The molecule has 6 nitrogen and oxygen atoms in total. The lowest BCUT2D eigenvalue weighted by molar-refractivity contribution is -0.140. The average molecular weight is 379 g/mol. The number of aliphatic hydroxyl groups excluding tert-OH is 1. The van der Waals surface area contributed by atoms with Crippen LogP contribution in [0, 0.1) is 5.92 Å². The van der Waals surface area contributed by atoms with Gasteiger partial charge in [-0.25, -0.2) is 4.39 Å². The maximum atomic E-state index is 14.0. The fourth-order valence-corrected chi connectivity index (χ4v) is 4.08. The predicted octanol–water partition coefficient (Wildman–Crippen LogP) is 0.832. The third-order valence-electron chi connectivity index (χ3n) is 5.91. The van der Waals surface area contributed by atoms with Crippen molar-refractivity contribution in [2.75, 3.05) is 32.9 Å². The maximum absolute atomic E-state index is 14.0. The van der Waals surface area contributed by atoms with Gasteiger partial charge >= 0.3 is 0 Å². The molecule has 7 heteroatoms. The van der Waals surface area contributed by atoms with Crippen molar-refractivity contribution in [1.82, 2.24) is 10.2 Å². The van der Waals surface area contributed by atoms with Crippen LogP contribution in [0.25, 0.3) is 0 Å². The summed E-state index contributed by atoms with van der Waals surface area (Å²) >= 11 is 0. The zero-order chi connectivity index (χ0) is 19.5. The molecule has 0 spiro atoms. The maximum Gasteiger partial charge on any atom is 0.223 e. The number of rotatable bonds is 7. The third kappa shape index (κ3) is 4.32. The Hall–Kier alpha value is -1.54. The second-order valence-electron chi connectivity index (χ2n) is 8.04. The largest absolute Gasteiger partial charge is 0.394 e. The summed E-state index contributed by atoms with van der Waals surface area (Å²) in [6, 6.07) is 10.1. The van der Waals surface area contributed by atoms with E-state index in [0.29, 0.717) is 19.8 Å². The van der Waals surface area contributed by atoms with Crippen LogP contribution in [0.1, 0.15) is 25.3 Å². The fourth-order valence-electron chi connectivity index (χ4n) is 4.08. The van der Waals surface area contributed by atoms with Crippen LogP contribution in [0.2, 0.25) is 0 Å². The van der Waals surface area contributed by atoms with Gasteiger partial charge in [0, 0.05) is 31.6 Å². The zero-order valence-electron chi connectivity index (χ0n) is 15.9. The van der Waals surface area contributed by atoms with Gasteiger partial charge in [0.15, 0.2) is 0 Å². The lowest BCUT2D eigenvalue weighted by atomic mass is 9.72. The van der Waals surface area contributed by atoms with Crippen LogP contribution < -0.4 is 11.1 Å². The van der Waals surface area contributed by atoms with Crippen molar-refractivity contribution in [3.63, 3.8) is 0 Å². The molecule has 0 bridgehead atoms. The van der Waals surface area contributed by atoms with Gasteiger partial charge in [-0.3, -0.25) is 9.69 Å². The highest BCUT2D eigenvalue weighted by molar-refractivity contribution is 5.80. The standard InChI is InChI=1S/C20H30FN3O3/c1-15-10-27-14-20(13-25,24(15)9-16-5-3-2-4-6-16)12-23-18(26)17-7-19(21,8-17)11-22/h2-6,15,17,25H,7-14,22H2,1H3,(H,23,26)/t15-,17?,19?,20+/m1/s1. The van der Waals surface area contributed by atoms with Crippen LogP contribution in [0.3, 0.4) is 0 Å². The van der Waals surface area contributed by atoms with E-state index >= 15 is 0 Å². The number of aliphatic hydroxyl groups is 1. The smallest absolute Gasteiger partial charge is 0.223 e.